The molecule has 0 spiro atoms. The number of rotatable bonds is 60. The predicted octanol–water partition coefficient (Wildman–Crippen LogP) is 22.7. The molecule has 6 nitrogen and oxygen atoms in total. The zero-order valence-electron chi connectivity index (χ0n) is 51.0. The van der Waals surface area contributed by atoms with Crippen LogP contribution < -0.4 is 0 Å². The molecule has 0 aliphatic carbocycles. The van der Waals surface area contributed by atoms with Crippen LogP contribution in [0.25, 0.3) is 0 Å². The Balaban J connectivity index is 4.20. The van der Waals surface area contributed by atoms with Crippen LogP contribution in [-0.2, 0) is 28.6 Å². The zero-order chi connectivity index (χ0) is 55.7. The van der Waals surface area contributed by atoms with Crippen molar-refractivity contribution in [1.29, 1.82) is 0 Å². The minimum absolute atomic E-state index is 0.0755. The van der Waals surface area contributed by atoms with Gasteiger partial charge < -0.3 is 14.2 Å². The van der Waals surface area contributed by atoms with E-state index in [1.165, 1.54) is 186 Å². The van der Waals surface area contributed by atoms with Crippen molar-refractivity contribution < 1.29 is 28.6 Å². The van der Waals surface area contributed by atoms with E-state index in [1.807, 2.05) is 0 Å². The molecule has 0 N–H and O–H groups in total. The highest BCUT2D eigenvalue weighted by Crippen LogP contribution is 2.17. The molecule has 0 radical (unpaired) electrons. The van der Waals surface area contributed by atoms with Crippen LogP contribution in [0.2, 0.25) is 0 Å². The molecule has 0 heterocycles. The normalized spacial score (nSPS) is 12.6. The average molecular weight is 1070 g/mol. The van der Waals surface area contributed by atoms with Gasteiger partial charge >= 0.3 is 17.9 Å². The van der Waals surface area contributed by atoms with E-state index in [2.05, 4.69) is 106 Å². The van der Waals surface area contributed by atoms with Crippen LogP contribution in [-0.4, -0.2) is 37.2 Å². The van der Waals surface area contributed by atoms with E-state index < -0.39 is 6.10 Å². The van der Waals surface area contributed by atoms with E-state index >= 15 is 0 Å². The Hall–Kier alpha value is -3.41. The van der Waals surface area contributed by atoms with Gasteiger partial charge in [-0.2, -0.15) is 0 Å². The van der Waals surface area contributed by atoms with Gasteiger partial charge in [0.25, 0.3) is 0 Å². The van der Waals surface area contributed by atoms with E-state index in [9.17, 15) is 14.4 Å². The largest absolute Gasteiger partial charge is 0.462 e. The molecule has 0 bridgehead atoms. The lowest BCUT2D eigenvalue weighted by Gasteiger charge is -2.18. The monoisotopic (exact) mass is 1070 g/mol. The number of hydrogen-bond donors (Lipinski definition) is 0. The van der Waals surface area contributed by atoms with Gasteiger partial charge in [0.15, 0.2) is 6.10 Å². The highest BCUT2D eigenvalue weighted by molar-refractivity contribution is 5.71. The molecule has 6 heteroatoms. The zero-order valence-corrected chi connectivity index (χ0v) is 51.0. The number of ether oxygens (including phenoxy) is 3. The molecular formula is C71H124O6. The van der Waals surface area contributed by atoms with Gasteiger partial charge in [-0.3, -0.25) is 14.4 Å². The fourth-order valence-electron chi connectivity index (χ4n) is 9.44. The first-order valence-corrected chi connectivity index (χ1v) is 33.1. The lowest BCUT2D eigenvalue weighted by Crippen LogP contribution is -2.30. The molecule has 0 aromatic heterocycles. The Morgan fingerprint density at radius 3 is 0.792 bits per heavy atom. The molecule has 0 saturated carbocycles. The molecule has 0 rings (SSSR count). The number of carbonyl (C=O) groups excluding carboxylic acids is 3. The quantitative estimate of drug-likeness (QED) is 0.0261. The van der Waals surface area contributed by atoms with Crippen LogP contribution in [0, 0.1) is 0 Å². The Bertz CT molecular complexity index is 1470. The van der Waals surface area contributed by atoms with E-state index in [1.54, 1.807) is 0 Å². The van der Waals surface area contributed by atoms with Gasteiger partial charge in [-0.25, -0.2) is 0 Å². The molecule has 1 atom stereocenters. The van der Waals surface area contributed by atoms with Gasteiger partial charge in [0, 0.05) is 19.3 Å². The highest BCUT2D eigenvalue weighted by atomic mass is 16.6. The highest BCUT2D eigenvalue weighted by Gasteiger charge is 2.19. The number of unbranched alkanes of at least 4 members (excludes halogenated alkanes) is 35. The Morgan fingerprint density at radius 2 is 0.506 bits per heavy atom. The maximum atomic E-state index is 12.9. The summed E-state index contributed by atoms with van der Waals surface area (Å²) < 4.78 is 16.9. The van der Waals surface area contributed by atoms with Crippen molar-refractivity contribution in [3.05, 3.63) is 85.1 Å². The first-order chi connectivity index (χ1) is 38.0. The van der Waals surface area contributed by atoms with Crippen molar-refractivity contribution in [3.8, 4) is 0 Å². The lowest BCUT2D eigenvalue weighted by molar-refractivity contribution is -0.167. The van der Waals surface area contributed by atoms with Gasteiger partial charge in [-0.1, -0.05) is 298 Å². The van der Waals surface area contributed by atoms with Gasteiger partial charge in [0.2, 0.25) is 0 Å². The second kappa shape index (κ2) is 65.1. The van der Waals surface area contributed by atoms with Crippen molar-refractivity contribution in [2.45, 2.75) is 335 Å². The van der Waals surface area contributed by atoms with Crippen LogP contribution in [0.4, 0.5) is 0 Å². The molecule has 444 valence electrons. The molecular weight excluding hydrogens is 949 g/mol. The van der Waals surface area contributed by atoms with Crippen LogP contribution in [0.15, 0.2) is 85.1 Å². The van der Waals surface area contributed by atoms with Crippen LogP contribution in [0.3, 0.4) is 0 Å². The third kappa shape index (κ3) is 63.3. The summed E-state index contributed by atoms with van der Waals surface area (Å²) in [6, 6.07) is 0. The summed E-state index contributed by atoms with van der Waals surface area (Å²) in [6.45, 7) is 6.53. The second-order valence-electron chi connectivity index (χ2n) is 22.0. The van der Waals surface area contributed by atoms with E-state index in [-0.39, 0.29) is 31.1 Å². The van der Waals surface area contributed by atoms with Gasteiger partial charge in [0.1, 0.15) is 13.2 Å². The molecule has 0 fully saturated rings. The van der Waals surface area contributed by atoms with Gasteiger partial charge in [0.05, 0.1) is 0 Å². The summed E-state index contributed by atoms with van der Waals surface area (Å²) in [6.07, 6.45) is 86.0. The molecule has 0 aliphatic rings. The maximum absolute atomic E-state index is 12.9. The summed E-state index contributed by atoms with van der Waals surface area (Å²) in [5, 5.41) is 0. The third-order valence-electron chi connectivity index (χ3n) is 14.4. The lowest BCUT2D eigenvalue weighted by atomic mass is 10.0. The van der Waals surface area contributed by atoms with E-state index in [0.29, 0.717) is 19.3 Å². The van der Waals surface area contributed by atoms with Crippen molar-refractivity contribution >= 4 is 17.9 Å². The number of esters is 3. The minimum atomic E-state index is -0.778. The predicted molar refractivity (Wildman–Crippen MR) is 334 cm³/mol. The molecule has 77 heavy (non-hydrogen) atoms. The van der Waals surface area contributed by atoms with Crippen molar-refractivity contribution in [1.82, 2.24) is 0 Å². The molecule has 0 saturated heterocycles. The topological polar surface area (TPSA) is 78.9 Å². The smallest absolute Gasteiger partial charge is 0.306 e. The van der Waals surface area contributed by atoms with Crippen molar-refractivity contribution in [2.24, 2.45) is 0 Å². The van der Waals surface area contributed by atoms with E-state index in [4.69, 9.17) is 14.2 Å². The summed E-state index contributed by atoms with van der Waals surface area (Å²) in [5.41, 5.74) is 0. The first kappa shape index (κ1) is 73.6. The fourth-order valence-corrected chi connectivity index (χ4v) is 9.44. The Labute approximate surface area is 477 Å². The molecule has 0 aromatic carbocycles. The Kier molecular flexibility index (Phi) is 62.2. The third-order valence-corrected chi connectivity index (χ3v) is 14.4. The summed E-state index contributed by atoms with van der Waals surface area (Å²) in [7, 11) is 0. The number of allylic oxidation sites excluding steroid dienone is 14. The molecule has 0 aliphatic heterocycles. The number of carbonyl (C=O) groups is 3. The minimum Gasteiger partial charge on any atom is -0.462 e. The standard InChI is InChI=1S/C71H124O6/c1-4-7-10-13-16-19-21-23-25-27-29-31-33-35-37-39-41-43-45-47-49-52-55-58-61-64-70(73)76-67-68(66-75-69(72)63-60-57-54-51-18-15-12-9-6-3)77-71(74)65-62-59-56-53-50-48-46-44-42-40-38-36-34-32-30-28-26-24-22-20-17-14-11-8-5-2/h7,10,16,19,22-25,28-31,35,37,68H,4-6,8-9,11-15,17-18,20-21,26-27,32-34,36,38-67H2,1-3H3/b10-7-,19-16-,24-22-,25-23-,30-28-,31-29-,37-35-. The van der Waals surface area contributed by atoms with Crippen molar-refractivity contribution in [3.63, 3.8) is 0 Å². The van der Waals surface area contributed by atoms with Gasteiger partial charge in [-0.15, -0.1) is 0 Å². The first-order valence-electron chi connectivity index (χ1n) is 33.1. The van der Waals surface area contributed by atoms with Crippen LogP contribution in [0.5, 0.6) is 0 Å². The summed E-state index contributed by atoms with van der Waals surface area (Å²) >= 11 is 0. The number of hydrogen-bond acceptors (Lipinski definition) is 6. The summed E-state index contributed by atoms with van der Waals surface area (Å²) in [4.78, 5) is 38.2. The Morgan fingerprint density at radius 1 is 0.273 bits per heavy atom. The fraction of sp³-hybridized carbons (Fsp3) is 0.761. The summed E-state index contributed by atoms with van der Waals surface area (Å²) in [5.74, 6) is -0.872. The SMILES string of the molecule is CC/C=C\C/C=C\C/C=C\C/C=C\C/C=C\CCCCCCCCCCCC(=O)OCC(COC(=O)CCCCCCCCCCC)OC(=O)CCCCCCCCCCCCCCC/C=C\C/C=C\CCCCCCC. The molecule has 0 amide bonds. The second-order valence-corrected chi connectivity index (χ2v) is 22.0. The average Bonchev–Trinajstić information content (AvgIpc) is 3.43. The van der Waals surface area contributed by atoms with Crippen LogP contribution >= 0.6 is 0 Å². The van der Waals surface area contributed by atoms with E-state index in [0.717, 1.165) is 103 Å². The molecule has 0 aromatic rings. The maximum Gasteiger partial charge on any atom is 0.306 e. The molecule has 1 unspecified atom stereocenters. The van der Waals surface area contributed by atoms with Gasteiger partial charge in [-0.05, 0) is 96.3 Å². The van der Waals surface area contributed by atoms with Crippen LogP contribution in [0.1, 0.15) is 329 Å². The van der Waals surface area contributed by atoms with Crippen molar-refractivity contribution in [2.75, 3.05) is 13.2 Å².